The van der Waals surface area contributed by atoms with Gasteiger partial charge in [-0.15, -0.1) is 11.3 Å². The molecule has 0 bridgehead atoms. The standard InChI is InChI=1S/C11H19N3OS/c1-2-12-11(14-7-8-15)13-6-5-10-4-3-9-16-10/h3-4,9,15H,2,5-8H2,1H3,(H2,12,13,14). The highest BCUT2D eigenvalue weighted by Crippen LogP contribution is 2.07. The number of hydrogen-bond donors (Lipinski definition) is 3. The summed E-state index contributed by atoms with van der Waals surface area (Å²) in [6, 6.07) is 4.19. The highest BCUT2D eigenvalue weighted by atomic mass is 32.1. The summed E-state index contributed by atoms with van der Waals surface area (Å²) in [6.07, 6.45) is 1.00. The normalized spacial score (nSPS) is 11.5. The lowest BCUT2D eigenvalue weighted by atomic mass is 10.3. The van der Waals surface area contributed by atoms with Crippen LogP contribution in [0.1, 0.15) is 11.8 Å². The van der Waals surface area contributed by atoms with Crippen molar-refractivity contribution in [3.8, 4) is 0 Å². The molecule has 1 rings (SSSR count). The Hall–Kier alpha value is -1.07. The summed E-state index contributed by atoms with van der Waals surface area (Å²) in [7, 11) is 0. The first-order valence-corrected chi connectivity index (χ1v) is 6.40. The average Bonchev–Trinajstić information content (AvgIpc) is 2.79. The molecule has 0 unspecified atom stereocenters. The molecule has 1 aromatic rings. The number of rotatable bonds is 6. The van der Waals surface area contributed by atoms with E-state index in [1.165, 1.54) is 4.88 Å². The van der Waals surface area contributed by atoms with Crippen LogP contribution in [0.5, 0.6) is 0 Å². The van der Waals surface area contributed by atoms with E-state index in [0.717, 1.165) is 25.5 Å². The van der Waals surface area contributed by atoms with E-state index in [4.69, 9.17) is 5.11 Å². The molecule has 1 aromatic heterocycles. The third kappa shape index (κ3) is 5.14. The summed E-state index contributed by atoms with van der Waals surface area (Å²) in [5.74, 6) is 0.771. The lowest BCUT2D eigenvalue weighted by Crippen LogP contribution is -2.38. The van der Waals surface area contributed by atoms with Crippen molar-refractivity contribution in [3.05, 3.63) is 22.4 Å². The van der Waals surface area contributed by atoms with Gasteiger partial charge in [0.1, 0.15) is 0 Å². The first-order chi connectivity index (χ1) is 7.86. The highest BCUT2D eigenvalue weighted by molar-refractivity contribution is 7.09. The van der Waals surface area contributed by atoms with Gasteiger partial charge in [0.25, 0.3) is 0 Å². The van der Waals surface area contributed by atoms with Crippen molar-refractivity contribution in [2.24, 2.45) is 4.99 Å². The molecule has 0 saturated carbocycles. The number of aliphatic hydroxyl groups excluding tert-OH is 1. The maximum absolute atomic E-state index is 8.70. The predicted octanol–water partition coefficient (Wildman–Crippen LogP) is 0.838. The maximum Gasteiger partial charge on any atom is 0.191 e. The van der Waals surface area contributed by atoms with E-state index < -0.39 is 0 Å². The third-order valence-electron chi connectivity index (χ3n) is 1.96. The van der Waals surface area contributed by atoms with E-state index in [9.17, 15) is 0 Å². The van der Waals surface area contributed by atoms with E-state index in [1.54, 1.807) is 11.3 Å². The molecule has 0 fully saturated rings. The van der Waals surface area contributed by atoms with Crippen LogP contribution in [0, 0.1) is 0 Å². The first kappa shape index (κ1) is 13.0. The molecule has 1 heterocycles. The second-order valence-corrected chi connectivity index (χ2v) is 4.27. The topological polar surface area (TPSA) is 56.7 Å². The van der Waals surface area contributed by atoms with Crippen LogP contribution in [0.2, 0.25) is 0 Å². The van der Waals surface area contributed by atoms with Crippen LogP contribution in [-0.4, -0.2) is 37.3 Å². The van der Waals surface area contributed by atoms with Crippen molar-refractivity contribution < 1.29 is 5.11 Å². The van der Waals surface area contributed by atoms with Gasteiger partial charge in [0.15, 0.2) is 5.96 Å². The summed E-state index contributed by atoms with van der Waals surface area (Å²) in [4.78, 5) is 5.56. The molecule has 0 radical (unpaired) electrons. The molecule has 5 heteroatoms. The largest absolute Gasteiger partial charge is 0.394 e. The number of aliphatic imine (C=N–C) groups is 1. The summed E-state index contributed by atoms with van der Waals surface area (Å²) < 4.78 is 0. The van der Waals surface area contributed by atoms with Gasteiger partial charge >= 0.3 is 0 Å². The average molecular weight is 241 g/mol. The zero-order valence-corrected chi connectivity index (χ0v) is 10.4. The number of hydrogen-bond acceptors (Lipinski definition) is 3. The zero-order chi connectivity index (χ0) is 11.6. The number of nitrogens with zero attached hydrogens (tertiary/aromatic N) is 1. The molecule has 0 atom stereocenters. The summed E-state index contributed by atoms with van der Waals surface area (Å²) >= 11 is 1.77. The van der Waals surface area contributed by atoms with Crippen LogP contribution in [0.15, 0.2) is 22.5 Å². The Labute approximate surface area is 100 Å². The van der Waals surface area contributed by atoms with E-state index in [2.05, 4.69) is 33.1 Å². The van der Waals surface area contributed by atoms with Crippen LogP contribution in [0.4, 0.5) is 0 Å². The van der Waals surface area contributed by atoms with Gasteiger partial charge in [0.05, 0.1) is 13.2 Å². The van der Waals surface area contributed by atoms with E-state index in [1.807, 2.05) is 6.92 Å². The van der Waals surface area contributed by atoms with Gasteiger partial charge in [-0.3, -0.25) is 4.99 Å². The van der Waals surface area contributed by atoms with Gasteiger partial charge in [0.2, 0.25) is 0 Å². The number of aliphatic hydroxyl groups is 1. The van der Waals surface area contributed by atoms with E-state index in [-0.39, 0.29) is 6.61 Å². The second-order valence-electron chi connectivity index (χ2n) is 3.24. The SMILES string of the molecule is CCNC(=NCCO)NCCc1cccs1. The molecule has 0 aliphatic heterocycles. The van der Waals surface area contributed by atoms with Crippen molar-refractivity contribution in [2.75, 3.05) is 26.2 Å². The Bertz CT molecular complexity index is 298. The predicted molar refractivity (Wildman–Crippen MR) is 69.1 cm³/mol. The minimum atomic E-state index is 0.0848. The van der Waals surface area contributed by atoms with Crippen LogP contribution in [0.25, 0.3) is 0 Å². The highest BCUT2D eigenvalue weighted by Gasteiger charge is 1.97. The fourth-order valence-corrected chi connectivity index (χ4v) is 1.97. The molecule has 0 aliphatic rings. The molecule has 0 spiro atoms. The van der Waals surface area contributed by atoms with Gasteiger partial charge in [-0.25, -0.2) is 0 Å². The van der Waals surface area contributed by atoms with Crippen molar-refractivity contribution in [2.45, 2.75) is 13.3 Å². The molecular formula is C11H19N3OS. The molecule has 0 aromatic carbocycles. The minimum Gasteiger partial charge on any atom is -0.394 e. The number of nitrogens with one attached hydrogen (secondary N) is 2. The summed E-state index contributed by atoms with van der Waals surface area (Å²) in [6.45, 7) is 4.24. The molecule has 0 saturated heterocycles. The lowest BCUT2D eigenvalue weighted by Gasteiger charge is -2.10. The Morgan fingerprint density at radius 2 is 2.38 bits per heavy atom. The van der Waals surface area contributed by atoms with Crippen molar-refractivity contribution in [3.63, 3.8) is 0 Å². The lowest BCUT2D eigenvalue weighted by molar-refractivity contribution is 0.306. The maximum atomic E-state index is 8.70. The van der Waals surface area contributed by atoms with Gasteiger partial charge in [-0.05, 0) is 24.8 Å². The molecule has 3 N–H and O–H groups in total. The summed E-state index contributed by atoms with van der Waals surface area (Å²) in [5.41, 5.74) is 0. The van der Waals surface area contributed by atoms with Gasteiger partial charge < -0.3 is 15.7 Å². The Morgan fingerprint density at radius 1 is 1.50 bits per heavy atom. The van der Waals surface area contributed by atoms with Gasteiger partial charge in [-0.2, -0.15) is 0 Å². The van der Waals surface area contributed by atoms with Crippen LogP contribution in [0.3, 0.4) is 0 Å². The third-order valence-corrected chi connectivity index (χ3v) is 2.89. The smallest absolute Gasteiger partial charge is 0.191 e. The van der Waals surface area contributed by atoms with E-state index >= 15 is 0 Å². The Balaban J connectivity index is 2.26. The Kier molecular flexibility index (Phi) is 6.60. The fourth-order valence-electron chi connectivity index (χ4n) is 1.26. The van der Waals surface area contributed by atoms with Gasteiger partial charge in [-0.1, -0.05) is 6.07 Å². The molecule has 16 heavy (non-hydrogen) atoms. The molecule has 4 nitrogen and oxygen atoms in total. The van der Waals surface area contributed by atoms with Crippen LogP contribution < -0.4 is 10.6 Å². The van der Waals surface area contributed by atoms with Crippen LogP contribution in [-0.2, 0) is 6.42 Å². The van der Waals surface area contributed by atoms with Crippen molar-refractivity contribution in [1.82, 2.24) is 10.6 Å². The first-order valence-electron chi connectivity index (χ1n) is 5.52. The number of thiophene rings is 1. The molecule has 90 valence electrons. The zero-order valence-electron chi connectivity index (χ0n) is 9.57. The van der Waals surface area contributed by atoms with Crippen molar-refractivity contribution in [1.29, 1.82) is 0 Å². The van der Waals surface area contributed by atoms with E-state index in [0.29, 0.717) is 6.54 Å². The second kappa shape index (κ2) is 8.13. The fraction of sp³-hybridized carbons (Fsp3) is 0.545. The Morgan fingerprint density at radius 3 is 3.00 bits per heavy atom. The van der Waals surface area contributed by atoms with Gasteiger partial charge in [0, 0.05) is 18.0 Å². The molecule has 0 amide bonds. The molecule has 0 aliphatic carbocycles. The molecular weight excluding hydrogens is 222 g/mol. The van der Waals surface area contributed by atoms with Crippen LogP contribution >= 0.6 is 11.3 Å². The number of guanidine groups is 1. The minimum absolute atomic E-state index is 0.0848. The quantitative estimate of drug-likeness (QED) is 0.511. The summed E-state index contributed by atoms with van der Waals surface area (Å²) in [5, 5.41) is 17.1. The van der Waals surface area contributed by atoms with Crippen molar-refractivity contribution >= 4 is 17.3 Å². The monoisotopic (exact) mass is 241 g/mol.